The van der Waals surface area contributed by atoms with E-state index in [0.717, 1.165) is 16.6 Å². The second-order valence-corrected chi connectivity index (χ2v) is 6.45. The van der Waals surface area contributed by atoms with Crippen molar-refractivity contribution in [2.45, 2.75) is 23.6 Å². The summed E-state index contributed by atoms with van der Waals surface area (Å²) in [4.78, 5) is 8.85. The van der Waals surface area contributed by atoms with Crippen molar-refractivity contribution in [2.75, 3.05) is 5.32 Å². The molecule has 1 aliphatic rings. The van der Waals surface area contributed by atoms with E-state index in [4.69, 9.17) is 0 Å². The van der Waals surface area contributed by atoms with Crippen molar-refractivity contribution in [3.8, 4) is 5.69 Å². The first-order chi connectivity index (χ1) is 11.3. The summed E-state index contributed by atoms with van der Waals surface area (Å²) >= 11 is 1.23. The van der Waals surface area contributed by atoms with Crippen LogP contribution in [-0.4, -0.2) is 25.2 Å². The number of aryl methyl sites for hydroxylation is 1. The van der Waals surface area contributed by atoms with Gasteiger partial charge in [-0.25, -0.2) is 9.97 Å². The van der Waals surface area contributed by atoms with Crippen LogP contribution in [0.1, 0.15) is 11.5 Å². The summed E-state index contributed by atoms with van der Waals surface area (Å²) in [7, 11) is 0. The SMILES string of the molecule is Cc1nc2ccc(C(F)(F)F)nc2n1-c1ccc2c(c1)SC(O)N2. The lowest BCUT2D eigenvalue weighted by Gasteiger charge is -2.09. The van der Waals surface area contributed by atoms with Crippen LogP contribution in [0.4, 0.5) is 18.9 Å². The van der Waals surface area contributed by atoms with Gasteiger partial charge in [0.1, 0.15) is 17.0 Å². The average molecular weight is 352 g/mol. The number of aliphatic hydroxyl groups is 1. The first-order valence-corrected chi connectivity index (χ1v) is 7.90. The standard InChI is InChI=1S/C15H11F3N4OS/c1-7-19-10-4-5-12(15(16,17)18)21-13(10)22(7)8-2-3-9-11(6-8)24-14(23)20-9/h2-6,14,20,23H,1H3. The zero-order valence-electron chi connectivity index (χ0n) is 12.3. The van der Waals surface area contributed by atoms with Crippen LogP contribution in [0.5, 0.6) is 0 Å². The molecule has 3 aromatic rings. The molecule has 3 heterocycles. The van der Waals surface area contributed by atoms with Gasteiger partial charge < -0.3 is 10.4 Å². The van der Waals surface area contributed by atoms with Crippen LogP contribution < -0.4 is 5.32 Å². The smallest absolute Gasteiger partial charge is 0.364 e. The van der Waals surface area contributed by atoms with Gasteiger partial charge in [0.25, 0.3) is 0 Å². The Bertz CT molecular complexity index is 954. The molecule has 0 radical (unpaired) electrons. The molecule has 2 N–H and O–H groups in total. The number of aliphatic hydroxyl groups excluding tert-OH is 1. The normalized spacial score (nSPS) is 17.1. The van der Waals surface area contributed by atoms with Gasteiger partial charge in [-0.3, -0.25) is 4.57 Å². The number of rotatable bonds is 1. The molecule has 0 fully saturated rings. The van der Waals surface area contributed by atoms with Crippen molar-refractivity contribution in [3.63, 3.8) is 0 Å². The van der Waals surface area contributed by atoms with Gasteiger partial charge in [0.2, 0.25) is 0 Å². The molecule has 24 heavy (non-hydrogen) atoms. The highest BCUT2D eigenvalue weighted by molar-refractivity contribution is 8.00. The zero-order valence-corrected chi connectivity index (χ0v) is 13.1. The number of hydrogen-bond acceptors (Lipinski definition) is 5. The zero-order chi connectivity index (χ0) is 17.1. The third-order valence-electron chi connectivity index (χ3n) is 3.70. The topological polar surface area (TPSA) is 63.0 Å². The predicted octanol–water partition coefficient (Wildman–Crippen LogP) is 3.54. The number of fused-ring (bicyclic) bond motifs is 2. The van der Waals surface area contributed by atoms with E-state index in [9.17, 15) is 18.3 Å². The van der Waals surface area contributed by atoms with Crippen LogP contribution >= 0.6 is 11.8 Å². The number of anilines is 1. The third-order valence-corrected chi connectivity index (χ3v) is 4.64. The Morgan fingerprint density at radius 2 is 2.00 bits per heavy atom. The average Bonchev–Trinajstić information content (AvgIpc) is 3.02. The van der Waals surface area contributed by atoms with E-state index >= 15 is 0 Å². The van der Waals surface area contributed by atoms with Gasteiger partial charge in [0, 0.05) is 4.90 Å². The maximum absolute atomic E-state index is 12.9. The summed E-state index contributed by atoms with van der Waals surface area (Å²) in [5, 5.41) is 12.5. The monoisotopic (exact) mass is 352 g/mol. The van der Waals surface area contributed by atoms with Crippen LogP contribution in [0.15, 0.2) is 35.2 Å². The number of nitrogens with zero attached hydrogens (tertiary/aromatic N) is 3. The van der Waals surface area contributed by atoms with Gasteiger partial charge in [0.05, 0.1) is 11.4 Å². The van der Waals surface area contributed by atoms with Gasteiger partial charge in [-0.2, -0.15) is 13.2 Å². The van der Waals surface area contributed by atoms with Gasteiger partial charge in [-0.1, -0.05) is 11.8 Å². The van der Waals surface area contributed by atoms with Crippen molar-refractivity contribution in [1.82, 2.24) is 14.5 Å². The van der Waals surface area contributed by atoms with Crippen LogP contribution in [-0.2, 0) is 6.18 Å². The largest absolute Gasteiger partial charge is 0.433 e. The van der Waals surface area contributed by atoms with Crippen molar-refractivity contribution in [3.05, 3.63) is 41.9 Å². The highest BCUT2D eigenvalue weighted by atomic mass is 32.2. The Labute approximate surface area is 138 Å². The first kappa shape index (κ1) is 15.3. The van der Waals surface area contributed by atoms with Crippen LogP contribution in [0.3, 0.4) is 0 Å². The fourth-order valence-corrected chi connectivity index (χ4v) is 3.56. The van der Waals surface area contributed by atoms with Gasteiger partial charge >= 0.3 is 6.18 Å². The Morgan fingerprint density at radius 1 is 1.21 bits per heavy atom. The van der Waals surface area contributed by atoms with E-state index in [1.54, 1.807) is 29.7 Å². The highest BCUT2D eigenvalue weighted by Gasteiger charge is 2.33. The Morgan fingerprint density at radius 3 is 2.75 bits per heavy atom. The van der Waals surface area contributed by atoms with Crippen molar-refractivity contribution < 1.29 is 18.3 Å². The molecule has 5 nitrogen and oxygen atoms in total. The molecule has 0 saturated heterocycles. The van der Waals surface area contributed by atoms with Gasteiger partial charge in [-0.05, 0) is 37.3 Å². The number of benzene rings is 1. The molecule has 1 aliphatic heterocycles. The highest BCUT2D eigenvalue weighted by Crippen LogP contribution is 2.39. The Balaban J connectivity index is 1.90. The lowest BCUT2D eigenvalue weighted by molar-refractivity contribution is -0.141. The molecular formula is C15H11F3N4OS. The molecule has 0 saturated carbocycles. The van der Waals surface area contributed by atoms with Crippen molar-refractivity contribution in [1.29, 1.82) is 0 Å². The number of nitrogens with one attached hydrogen (secondary N) is 1. The van der Waals surface area contributed by atoms with Crippen LogP contribution in [0.2, 0.25) is 0 Å². The minimum atomic E-state index is -4.51. The van der Waals surface area contributed by atoms with E-state index in [-0.39, 0.29) is 5.65 Å². The molecule has 0 bridgehead atoms. The van der Waals surface area contributed by atoms with Crippen molar-refractivity contribution in [2.24, 2.45) is 0 Å². The van der Waals surface area contributed by atoms with Crippen LogP contribution in [0, 0.1) is 6.92 Å². The molecule has 1 unspecified atom stereocenters. The second-order valence-electron chi connectivity index (χ2n) is 5.33. The maximum Gasteiger partial charge on any atom is 0.433 e. The number of thioether (sulfide) groups is 1. The van der Waals surface area contributed by atoms with E-state index in [1.807, 2.05) is 0 Å². The minimum absolute atomic E-state index is 0.152. The fraction of sp³-hybridized carbons (Fsp3) is 0.200. The summed E-state index contributed by atoms with van der Waals surface area (Å²) in [5.41, 5.74) is 0.284. The summed E-state index contributed by atoms with van der Waals surface area (Å²) in [5.74, 6) is 0.535. The number of imidazole rings is 1. The van der Waals surface area contributed by atoms with Crippen molar-refractivity contribution >= 4 is 28.6 Å². The third kappa shape index (κ3) is 2.40. The molecular weight excluding hydrogens is 341 g/mol. The molecule has 9 heteroatoms. The molecule has 1 aromatic carbocycles. The molecule has 0 aliphatic carbocycles. The number of aromatic nitrogens is 3. The summed E-state index contributed by atoms with van der Waals surface area (Å²) in [6, 6.07) is 7.56. The minimum Gasteiger partial charge on any atom is -0.364 e. The second kappa shape index (κ2) is 5.12. The molecule has 2 aromatic heterocycles. The number of halogens is 3. The number of alkyl halides is 3. The van der Waals surface area contributed by atoms with E-state index in [1.165, 1.54) is 17.8 Å². The quantitative estimate of drug-likeness (QED) is 0.701. The first-order valence-electron chi connectivity index (χ1n) is 7.02. The molecule has 1 atom stereocenters. The van der Waals surface area contributed by atoms with Gasteiger partial charge in [-0.15, -0.1) is 0 Å². The summed E-state index contributed by atoms with van der Waals surface area (Å²) in [6.07, 6.45) is -4.51. The lowest BCUT2D eigenvalue weighted by Crippen LogP contribution is -2.09. The van der Waals surface area contributed by atoms with E-state index < -0.39 is 17.4 Å². The maximum atomic E-state index is 12.9. The number of pyridine rings is 1. The van der Waals surface area contributed by atoms with Gasteiger partial charge in [0.15, 0.2) is 11.2 Å². The predicted molar refractivity (Wildman–Crippen MR) is 84.1 cm³/mol. The molecule has 4 rings (SSSR count). The van der Waals surface area contributed by atoms with E-state index in [0.29, 0.717) is 17.0 Å². The number of hydrogen-bond donors (Lipinski definition) is 2. The van der Waals surface area contributed by atoms with Crippen LogP contribution in [0.25, 0.3) is 16.9 Å². The molecule has 0 amide bonds. The molecule has 0 spiro atoms. The molecule has 124 valence electrons. The lowest BCUT2D eigenvalue weighted by atomic mass is 10.2. The summed E-state index contributed by atoms with van der Waals surface area (Å²) in [6.45, 7) is 1.71. The summed E-state index contributed by atoms with van der Waals surface area (Å²) < 4.78 is 40.4. The Hall–Kier alpha value is -2.26. The fourth-order valence-electron chi connectivity index (χ4n) is 2.69. The Kier molecular flexibility index (Phi) is 3.26. The van der Waals surface area contributed by atoms with E-state index in [2.05, 4.69) is 15.3 Å².